The van der Waals surface area contributed by atoms with Crippen molar-refractivity contribution in [3.05, 3.63) is 30.6 Å². The van der Waals surface area contributed by atoms with E-state index in [0.29, 0.717) is 12.4 Å². The Morgan fingerprint density at radius 2 is 2.21 bits per heavy atom. The van der Waals surface area contributed by atoms with Crippen LogP contribution in [-0.4, -0.2) is 22.0 Å². The molecule has 2 rings (SSSR count). The van der Waals surface area contributed by atoms with Gasteiger partial charge in [-0.3, -0.25) is 0 Å². The van der Waals surface area contributed by atoms with Gasteiger partial charge in [0.05, 0.1) is 23.4 Å². The molecular weight excluding hydrogens is 198 g/mol. The zero-order chi connectivity index (χ0) is 9.97. The molecule has 0 amide bonds. The first kappa shape index (κ1) is 9.49. The highest BCUT2D eigenvalue weighted by molar-refractivity contribution is 6.18. The number of alkyl halides is 1. The highest BCUT2D eigenvalue weighted by Crippen LogP contribution is 2.17. The smallest absolute Gasteiger partial charge is 0.0961 e. The summed E-state index contributed by atoms with van der Waals surface area (Å²) in [5.74, 6) is 0.511. The van der Waals surface area contributed by atoms with Crippen molar-refractivity contribution in [2.45, 2.75) is 6.04 Å². The molecule has 3 nitrogen and oxygen atoms in total. The summed E-state index contributed by atoms with van der Waals surface area (Å²) in [6.07, 6.45) is 1.80. The van der Waals surface area contributed by atoms with Crippen molar-refractivity contribution < 1.29 is 0 Å². The molecule has 1 heterocycles. The number of hydrogen-bond acceptors (Lipinski definition) is 2. The van der Waals surface area contributed by atoms with Gasteiger partial charge in [0, 0.05) is 12.4 Å². The molecule has 0 aliphatic carbocycles. The Bertz CT molecular complexity index is 420. The Morgan fingerprint density at radius 1 is 1.43 bits per heavy atom. The van der Waals surface area contributed by atoms with E-state index in [9.17, 15) is 0 Å². The van der Waals surface area contributed by atoms with E-state index >= 15 is 0 Å². The molecule has 0 aliphatic heterocycles. The molecule has 14 heavy (non-hydrogen) atoms. The lowest BCUT2D eigenvalue weighted by molar-refractivity contribution is 0.579. The minimum Gasteiger partial charge on any atom is -0.328 e. The van der Waals surface area contributed by atoms with E-state index < -0.39 is 0 Å². The fourth-order valence-electron chi connectivity index (χ4n) is 1.52. The minimum absolute atomic E-state index is 0.129. The maximum atomic E-state index is 5.83. The Balaban J connectivity index is 2.51. The molecule has 1 aromatic carbocycles. The molecule has 0 spiro atoms. The van der Waals surface area contributed by atoms with Crippen LogP contribution in [0.4, 0.5) is 0 Å². The van der Waals surface area contributed by atoms with Crippen LogP contribution in [0.15, 0.2) is 30.6 Å². The van der Waals surface area contributed by atoms with Gasteiger partial charge in [0.25, 0.3) is 0 Å². The van der Waals surface area contributed by atoms with Gasteiger partial charge in [-0.25, -0.2) is 4.98 Å². The fourth-order valence-corrected chi connectivity index (χ4v) is 1.79. The van der Waals surface area contributed by atoms with Crippen LogP contribution in [0.1, 0.15) is 6.04 Å². The number of rotatable bonds is 3. The third-order valence-corrected chi connectivity index (χ3v) is 2.68. The largest absolute Gasteiger partial charge is 0.328 e. The van der Waals surface area contributed by atoms with Gasteiger partial charge in [-0.15, -0.1) is 11.6 Å². The molecule has 0 radical (unpaired) electrons. The van der Waals surface area contributed by atoms with E-state index in [1.165, 1.54) is 0 Å². The van der Waals surface area contributed by atoms with E-state index in [1.807, 2.05) is 28.8 Å². The predicted octanol–water partition coefficient (Wildman–Crippen LogP) is 1.77. The molecule has 1 unspecified atom stereocenters. The van der Waals surface area contributed by atoms with Crippen molar-refractivity contribution in [1.82, 2.24) is 9.55 Å². The summed E-state index contributed by atoms with van der Waals surface area (Å²) < 4.78 is 2.03. The Labute approximate surface area is 87.5 Å². The van der Waals surface area contributed by atoms with Crippen LogP contribution in [0.5, 0.6) is 0 Å². The normalized spacial score (nSPS) is 13.3. The molecule has 0 fully saturated rings. The lowest BCUT2D eigenvalue weighted by atomic mass is 10.3. The molecule has 0 saturated heterocycles. The van der Waals surface area contributed by atoms with Gasteiger partial charge in [-0.1, -0.05) is 12.1 Å². The van der Waals surface area contributed by atoms with Crippen molar-refractivity contribution in [2.75, 3.05) is 12.4 Å². The molecule has 2 aromatic rings. The summed E-state index contributed by atoms with van der Waals surface area (Å²) in [6.45, 7) is 0.532. The van der Waals surface area contributed by atoms with Gasteiger partial charge in [-0.2, -0.15) is 0 Å². The summed E-state index contributed by atoms with van der Waals surface area (Å²) >= 11 is 5.83. The Kier molecular flexibility index (Phi) is 2.70. The number of para-hydroxylation sites is 2. The Morgan fingerprint density at radius 3 is 2.93 bits per heavy atom. The topological polar surface area (TPSA) is 43.8 Å². The monoisotopic (exact) mass is 209 g/mol. The summed E-state index contributed by atoms with van der Waals surface area (Å²) in [5.41, 5.74) is 7.70. The third-order valence-electron chi connectivity index (χ3n) is 2.32. The number of aromatic nitrogens is 2. The zero-order valence-corrected chi connectivity index (χ0v) is 8.48. The SMILES string of the molecule is NCC(CCl)n1cnc2ccccc21. The number of imidazole rings is 1. The van der Waals surface area contributed by atoms with Crippen molar-refractivity contribution in [1.29, 1.82) is 0 Å². The van der Waals surface area contributed by atoms with Crippen LogP contribution in [0.25, 0.3) is 11.0 Å². The summed E-state index contributed by atoms with van der Waals surface area (Å²) in [6, 6.07) is 8.09. The number of fused-ring (bicyclic) bond motifs is 1. The van der Waals surface area contributed by atoms with Crippen molar-refractivity contribution in [3.8, 4) is 0 Å². The molecule has 4 heteroatoms. The number of halogens is 1. The van der Waals surface area contributed by atoms with E-state index in [-0.39, 0.29) is 6.04 Å². The van der Waals surface area contributed by atoms with Crippen LogP contribution in [0.2, 0.25) is 0 Å². The lowest BCUT2D eigenvalue weighted by Gasteiger charge is -2.13. The first-order valence-corrected chi connectivity index (χ1v) is 5.08. The quantitative estimate of drug-likeness (QED) is 0.784. The van der Waals surface area contributed by atoms with Gasteiger partial charge in [-0.05, 0) is 12.1 Å². The third kappa shape index (κ3) is 1.49. The lowest BCUT2D eigenvalue weighted by Crippen LogP contribution is -2.19. The minimum atomic E-state index is 0.129. The highest BCUT2D eigenvalue weighted by atomic mass is 35.5. The second-order valence-corrected chi connectivity index (χ2v) is 3.49. The zero-order valence-electron chi connectivity index (χ0n) is 7.73. The van der Waals surface area contributed by atoms with E-state index in [0.717, 1.165) is 11.0 Å². The highest BCUT2D eigenvalue weighted by Gasteiger charge is 2.10. The number of nitrogens with two attached hydrogens (primary N) is 1. The van der Waals surface area contributed by atoms with E-state index in [1.54, 1.807) is 6.33 Å². The second kappa shape index (κ2) is 3.98. The molecule has 1 atom stereocenters. The maximum absolute atomic E-state index is 5.83. The van der Waals surface area contributed by atoms with Gasteiger partial charge >= 0.3 is 0 Å². The van der Waals surface area contributed by atoms with E-state index in [2.05, 4.69) is 4.98 Å². The first-order valence-electron chi connectivity index (χ1n) is 4.54. The maximum Gasteiger partial charge on any atom is 0.0961 e. The molecule has 1 aromatic heterocycles. The molecule has 0 aliphatic rings. The molecule has 0 saturated carbocycles. The molecule has 0 bridgehead atoms. The van der Waals surface area contributed by atoms with Gasteiger partial charge in [0.1, 0.15) is 0 Å². The van der Waals surface area contributed by atoms with Crippen LogP contribution < -0.4 is 5.73 Å². The first-order chi connectivity index (χ1) is 6.86. The molecular formula is C10H12ClN3. The predicted molar refractivity (Wildman–Crippen MR) is 58.5 cm³/mol. The van der Waals surface area contributed by atoms with E-state index in [4.69, 9.17) is 17.3 Å². The second-order valence-electron chi connectivity index (χ2n) is 3.18. The van der Waals surface area contributed by atoms with Crippen LogP contribution in [-0.2, 0) is 0 Å². The van der Waals surface area contributed by atoms with Gasteiger partial charge in [0.15, 0.2) is 0 Å². The number of nitrogens with zero attached hydrogens (tertiary/aromatic N) is 2. The Hall–Kier alpha value is -1.06. The fraction of sp³-hybridized carbons (Fsp3) is 0.300. The molecule has 2 N–H and O–H groups in total. The number of hydrogen-bond donors (Lipinski definition) is 1. The summed E-state index contributed by atoms with van der Waals surface area (Å²) in [4.78, 5) is 4.28. The standard InChI is InChI=1S/C10H12ClN3/c11-5-8(6-12)14-7-13-9-3-1-2-4-10(9)14/h1-4,7-8H,5-6,12H2. The van der Waals surface area contributed by atoms with Gasteiger partial charge < -0.3 is 10.3 Å². The average molecular weight is 210 g/mol. The van der Waals surface area contributed by atoms with Crippen LogP contribution in [0.3, 0.4) is 0 Å². The van der Waals surface area contributed by atoms with Gasteiger partial charge in [0.2, 0.25) is 0 Å². The van der Waals surface area contributed by atoms with Crippen molar-refractivity contribution in [3.63, 3.8) is 0 Å². The summed E-state index contributed by atoms with van der Waals surface area (Å²) in [7, 11) is 0. The molecule has 74 valence electrons. The van der Waals surface area contributed by atoms with Crippen LogP contribution in [0, 0.1) is 0 Å². The van der Waals surface area contributed by atoms with Crippen molar-refractivity contribution >= 4 is 22.6 Å². The van der Waals surface area contributed by atoms with Crippen LogP contribution >= 0.6 is 11.6 Å². The van der Waals surface area contributed by atoms with Crippen molar-refractivity contribution in [2.24, 2.45) is 5.73 Å². The summed E-state index contributed by atoms with van der Waals surface area (Å²) in [5, 5.41) is 0. The average Bonchev–Trinajstić information content (AvgIpc) is 2.65. The number of benzene rings is 1.